The number of aliphatic hydroxyl groups excluding tert-OH is 1. The normalized spacial score (nSPS) is 10.0. The van der Waals surface area contributed by atoms with Gasteiger partial charge < -0.3 is 9.84 Å². The van der Waals surface area contributed by atoms with Crippen molar-refractivity contribution in [3.8, 4) is 17.6 Å². The monoisotopic (exact) mass is 338 g/mol. The van der Waals surface area contributed by atoms with Crippen molar-refractivity contribution in [2.45, 2.75) is 14.4 Å². The Hall–Kier alpha value is -1.20. The van der Waals surface area contributed by atoms with Crippen molar-refractivity contribution >= 4 is 34.9 Å². The number of methoxy groups -OCH3 is 1. The molecule has 0 spiro atoms. The summed E-state index contributed by atoms with van der Waals surface area (Å²) in [7, 11) is 1.65. The van der Waals surface area contributed by atoms with E-state index >= 15 is 0 Å². The van der Waals surface area contributed by atoms with E-state index in [-0.39, 0.29) is 6.61 Å². The van der Waals surface area contributed by atoms with Gasteiger partial charge in [-0.05, 0) is 24.5 Å². The second kappa shape index (κ2) is 8.29. The third-order valence-corrected chi connectivity index (χ3v) is 5.59. The maximum atomic E-state index is 8.76. The molecule has 0 bridgehead atoms. The number of nitrogens with zero attached hydrogens (tertiary/aromatic N) is 2. The van der Waals surface area contributed by atoms with Gasteiger partial charge in [-0.25, -0.2) is 0 Å². The molecule has 0 radical (unpaired) electrons. The summed E-state index contributed by atoms with van der Waals surface area (Å²) < 4.78 is 7.27. The highest BCUT2D eigenvalue weighted by molar-refractivity contribution is 8.02. The zero-order valence-corrected chi connectivity index (χ0v) is 14.1. The lowest BCUT2D eigenvalue weighted by atomic mass is 10.1. The lowest BCUT2D eigenvalue weighted by Crippen LogP contribution is -1.91. The van der Waals surface area contributed by atoms with Crippen molar-refractivity contribution < 1.29 is 9.84 Å². The van der Waals surface area contributed by atoms with Crippen LogP contribution in [0.15, 0.2) is 26.9 Å². The largest absolute Gasteiger partial charge is 0.496 e. The van der Waals surface area contributed by atoms with Crippen LogP contribution in [0.3, 0.4) is 0 Å². The highest BCUT2D eigenvalue weighted by Gasteiger charge is 2.08. The summed E-state index contributed by atoms with van der Waals surface area (Å²) >= 11 is 4.81. The van der Waals surface area contributed by atoms with Crippen molar-refractivity contribution in [1.29, 1.82) is 0 Å². The van der Waals surface area contributed by atoms with Gasteiger partial charge >= 0.3 is 0 Å². The number of thioether (sulfide) groups is 2. The van der Waals surface area contributed by atoms with Gasteiger partial charge in [0.25, 0.3) is 0 Å². The van der Waals surface area contributed by atoms with E-state index in [4.69, 9.17) is 9.84 Å². The SMILES string of the molecule is COc1ccc(C#CCO)cc1CSc1nnc(SC)s1. The molecule has 7 heteroatoms. The summed E-state index contributed by atoms with van der Waals surface area (Å²) in [4.78, 5) is 0. The number of hydrogen-bond donors (Lipinski definition) is 1. The van der Waals surface area contributed by atoms with Gasteiger partial charge in [-0.3, -0.25) is 0 Å². The second-order valence-electron chi connectivity index (χ2n) is 3.81. The van der Waals surface area contributed by atoms with Crippen LogP contribution >= 0.6 is 34.9 Å². The van der Waals surface area contributed by atoms with Crippen LogP contribution in [0.2, 0.25) is 0 Å². The van der Waals surface area contributed by atoms with Gasteiger partial charge in [-0.15, -0.1) is 10.2 Å². The molecule has 2 rings (SSSR count). The third kappa shape index (κ3) is 4.64. The maximum Gasteiger partial charge on any atom is 0.175 e. The third-order valence-electron chi connectivity index (χ3n) is 2.51. The molecular formula is C14H14N2O2S3. The molecule has 0 aliphatic rings. The Kier molecular flexibility index (Phi) is 6.39. The van der Waals surface area contributed by atoms with Crippen LogP contribution in [0.5, 0.6) is 5.75 Å². The molecule has 0 unspecified atom stereocenters. The molecule has 0 fully saturated rings. The van der Waals surface area contributed by atoms with Crippen LogP contribution < -0.4 is 4.74 Å². The molecule has 110 valence electrons. The van der Waals surface area contributed by atoms with Crippen molar-refractivity contribution in [3.05, 3.63) is 29.3 Å². The van der Waals surface area contributed by atoms with Crippen LogP contribution in [-0.2, 0) is 5.75 Å². The Labute approximate surface area is 136 Å². The molecule has 1 aromatic carbocycles. The fourth-order valence-corrected chi connectivity index (χ4v) is 4.00. The summed E-state index contributed by atoms with van der Waals surface area (Å²) in [6, 6.07) is 5.75. The molecule has 0 saturated carbocycles. The number of ether oxygens (including phenoxy) is 1. The highest BCUT2D eigenvalue weighted by atomic mass is 32.2. The van der Waals surface area contributed by atoms with Gasteiger partial charge in [0, 0.05) is 16.9 Å². The van der Waals surface area contributed by atoms with Crippen LogP contribution in [0.4, 0.5) is 0 Å². The average Bonchev–Trinajstić information content (AvgIpc) is 2.99. The predicted octanol–water partition coefficient (Wildman–Crippen LogP) is 2.90. The first kappa shape index (κ1) is 16.2. The maximum absolute atomic E-state index is 8.76. The van der Waals surface area contributed by atoms with Crippen LogP contribution in [0.1, 0.15) is 11.1 Å². The fourth-order valence-electron chi connectivity index (χ4n) is 1.59. The summed E-state index contributed by atoms with van der Waals surface area (Å²) in [6.07, 6.45) is 1.99. The minimum Gasteiger partial charge on any atom is -0.496 e. The molecule has 2 aromatic rings. The Balaban J connectivity index is 2.13. The van der Waals surface area contributed by atoms with E-state index in [0.717, 1.165) is 31.3 Å². The Morgan fingerprint density at radius 1 is 1.33 bits per heavy atom. The van der Waals surface area contributed by atoms with Gasteiger partial charge in [0.05, 0.1) is 7.11 Å². The summed E-state index contributed by atoms with van der Waals surface area (Å²) in [5.74, 6) is 7.12. The van der Waals surface area contributed by atoms with Crippen LogP contribution in [0.25, 0.3) is 0 Å². The van der Waals surface area contributed by atoms with Crippen molar-refractivity contribution in [2.75, 3.05) is 20.0 Å². The number of hydrogen-bond acceptors (Lipinski definition) is 7. The van der Waals surface area contributed by atoms with Gasteiger partial charge in [-0.2, -0.15) is 0 Å². The van der Waals surface area contributed by atoms with Gasteiger partial charge in [-0.1, -0.05) is 46.7 Å². The quantitative estimate of drug-likeness (QED) is 0.668. The first-order valence-electron chi connectivity index (χ1n) is 6.03. The lowest BCUT2D eigenvalue weighted by Gasteiger charge is -2.07. The van der Waals surface area contributed by atoms with Gasteiger partial charge in [0.15, 0.2) is 8.68 Å². The van der Waals surface area contributed by atoms with Crippen LogP contribution in [0, 0.1) is 11.8 Å². The minimum atomic E-state index is -0.141. The molecule has 0 atom stereocenters. The molecule has 0 saturated heterocycles. The zero-order valence-electron chi connectivity index (χ0n) is 11.6. The zero-order chi connectivity index (χ0) is 15.1. The number of aromatic nitrogens is 2. The van der Waals surface area contributed by atoms with Gasteiger partial charge in [0.2, 0.25) is 0 Å². The Bertz CT molecular complexity index is 662. The van der Waals surface area contributed by atoms with E-state index in [1.807, 2.05) is 24.5 Å². The summed E-state index contributed by atoms with van der Waals surface area (Å²) in [6.45, 7) is -0.141. The molecule has 0 aliphatic heterocycles. The molecule has 1 aromatic heterocycles. The molecule has 0 aliphatic carbocycles. The molecule has 21 heavy (non-hydrogen) atoms. The molecular weight excluding hydrogens is 324 g/mol. The van der Waals surface area contributed by atoms with Crippen molar-refractivity contribution in [2.24, 2.45) is 0 Å². The molecule has 0 amide bonds. The number of aliphatic hydroxyl groups is 1. The predicted molar refractivity (Wildman–Crippen MR) is 88.2 cm³/mol. The smallest absolute Gasteiger partial charge is 0.175 e. The molecule has 1 N–H and O–H groups in total. The van der Waals surface area contributed by atoms with E-state index in [9.17, 15) is 0 Å². The first-order valence-corrected chi connectivity index (χ1v) is 9.06. The standard InChI is InChI=1S/C14H14N2O2S3/c1-18-12-6-5-10(4-3-7-17)8-11(12)9-20-14-16-15-13(19-2)21-14/h5-6,8,17H,7,9H2,1-2H3. The Morgan fingerprint density at radius 2 is 2.14 bits per heavy atom. The second-order valence-corrected chi connectivity index (χ2v) is 7.07. The van der Waals surface area contributed by atoms with E-state index in [0.29, 0.717) is 0 Å². The van der Waals surface area contributed by atoms with Crippen molar-refractivity contribution in [3.63, 3.8) is 0 Å². The first-order chi connectivity index (χ1) is 10.3. The van der Waals surface area contributed by atoms with E-state index in [1.54, 1.807) is 42.0 Å². The Morgan fingerprint density at radius 3 is 2.81 bits per heavy atom. The van der Waals surface area contributed by atoms with Gasteiger partial charge in [0.1, 0.15) is 12.4 Å². The summed E-state index contributed by atoms with van der Waals surface area (Å²) in [5, 5.41) is 17.0. The van der Waals surface area contributed by atoms with E-state index < -0.39 is 0 Å². The topological polar surface area (TPSA) is 55.2 Å². The highest BCUT2D eigenvalue weighted by Crippen LogP contribution is 2.32. The molecule has 4 nitrogen and oxygen atoms in total. The fraction of sp³-hybridized carbons (Fsp3) is 0.286. The summed E-state index contributed by atoms with van der Waals surface area (Å²) in [5.41, 5.74) is 1.91. The average molecular weight is 338 g/mol. The van der Waals surface area contributed by atoms with E-state index in [1.165, 1.54) is 0 Å². The lowest BCUT2D eigenvalue weighted by molar-refractivity contribution is 0.350. The minimum absolute atomic E-state index is 0.141. The molecule has 1 heterocycles. The van der Waals surface area contributed by atoms with E-state index in [2.05, 4.69) is 22.0 Å². The number of benzene rings is 1. The number of rotatable bonds is 5. The van der Waals surface area contributed by atoms with Crippen molar-refractivity contribution in [1.82, 2.24) is 10.2 Å². The van der Waals surface area contributed by atoms with Crippen LogP contribution in [-0.4, -0.2) is 35.3 Å².